The van der Waals surface area contributed by atoms with Gasteiger partial charge in [0.2, 0.25) is 0 Å². The van der Waals surface area contributed by atoms with Crippen LogP contribution in [0.25, 0.3) is 0 Å². The van der Waals surface area contributed by atoms with Crippen LogP contribution < -0.4 is 5.32 Å². The molecule has 0 aromatic heterocycles. The summed E-state index contributed by atoms with van der Waals surface area (Å²) >= 11 is 6.97. The second-order valence-electron chi connectivity index (χ2n) is 3.47. The molecule has 13 heavy (non-hydrogen) atoms. The molecule has 0 spiro atoms. The molecule has 2 atom stereocenters. The third-order valence-electron chi connectivity index (χ3n) is 2.71. The second-order valence-corrected chi connectivity index (χ2v) is 5.38. The lowest BCUT2D eigenvalue weighted by molar-refractivity contribution is 0.683. The minimum atomic E-state index is 0.480. The zero-order chi connectivity index (χ0) is 8.84. The first-order chi connectivity index (χ1) is 6.34. The number of benzene rings is 1. The van der Waals surface area contributed by atoms with E-state index in [0.29, 0.717) is 11.3 Å². The van der Waals surface area contributed by atoms with Crippen LogP contribution >= 0.6 is 24.0 Å². The van der Waals surface area contributed by atoms with Gasteiger partial charge in [0.25, 0.3) is 0 Å². The van der Waals surface area contributed by atoms with E-state index in [2.05, 4.69) is 29.6 Å². The summed E-state index contributed by atoms with van der Waals surface area (Å²) < 4.78 is 0.963. The zero-order valence-electron chi connectivity index (χ0n) is 6.99. The van der Waals surface area contributed by atoms with E-state index >= 15 is 0 Å². The van der Waals surface area contributed by atoms with Crippen LogP contribution in [0.1, 0.15) is 17.2 Å². The molecule has 1 heterocycles. The number of thiocarbonyl (C=S) groups is 1. The van der Waals surface area contributed by atoms with Crippen molar-refractivity contribution >= 4 is 28.3 Å². The summed E-state index contributed by atoms with van der Waals surface area (Å²) in [6.45, 7) is 0. The Balaban J connectivity index is 2.06. The van der Waals surface area contributed by atoms with Crippen molar-refractivity contribution in [3.8, 4) is 0 Å². The molecule has 2 aliphatic rings. The van der Waals surface area contributed by atoms with Gasteiger partial charge in [-0.15, -0.1) is 0 Å². The first-order valence-electron chi connectivity index (χ1n) is 4.39. The van der Waals surface area contributed by atoms with Crippen LogP contribution in [0, 0.1) is 0 Å². The van der Waals surface area contributed by atoms with E-state index in [9.17, 15) is 0 Å². The standard InChI is InChI=1S/C10H9NS2/c12-10-11-9-7-4-2-1-3-6(7)5-8(9)13-10/h1-4,8-9H,5H2,(H,11,12)/t8-,9-/m0/s1. The number of nitrogens with one attached hydrogen (secondary N) is 1. The first-order valence-corrected chi connectivity index (χ1v) is 5.68. The van der Waals surface area contributed by atoms with E-state index in [4.69, 9.17) is 12.2 Å². The molecular weight excluding hydrogens is 198 g/mol. The molecule has 0 saturated carbocycles. The monoisotopic (exact) mass is 207 g/mol. The van der Waals surface area contributed by atoms with Crippen LogP contribution in [0.4, 0.5) is 0 Å². The SMILES string of the molecule is S=C1N[C@H]2c3ccccc3C[C@@H]2S1. The van der Waals surface area contributed by atoms with E-state index < -0.39 is 0 Å². The number of thioether (sulfide) groups is 1. The summed E-state index contributed by atoms with van der Waals surface area (Å²) in [5.74, 6) is 0. The van der Waals surface area contributed by atoms with Crippen LogP contribution in [0.5, 0.6) is 0 Å². The van der Waals surface area contributed by atoms with Crippen molar-refractivity contribution in [3.05, 3.63) is 35.4 Å². The van der Waals surface area contributed by atoms with Crippen LogP contribution in [0.3, 0.4) is 0 Å². The van der Waals surface area contributed by atoms with Gasteiger partial charge in [0.05, 0.1) is 6.04 Å². The largest absolute Gasteiger partial charge is 0.363 e. The summed E-state index contributed by atoms with van der Waals surface area (Å²) in [4.78, 5) is 0. The molecule has 1 saturated heterocycles. The molecule has 1 aromatic carbocycles. The zero-order valence-corrected chi connectivity index (χ0v) is 8.62. The molecule has 0 radical (unpaired) electrons. The van der Waals surface area contributed by atoms with Gasteiger partial charge in [0.15, 0.2) is 0 Å². The summed E-state index contributed by atoms with van der Waals surface area (Å²) in [6.07, 6.45) is 1.17. The van der Waals surface area contributed by atoms with Gasteiger partial charge < -0.3 is 5.32 Å². The Morgan fingerprint density at radius 3 is 3.15 bits per heavy atom. The van der Waals surface area contributed by atoms with Crippen molar-refractivity contribution in [2.24, 2.45) is 0 Å². The number of hydrogen-bond acceptors (Lipinski definition) is 2. The Labute approximate surface area is 86.9 Å². The van der Waals surface area contributed by atoms with Crippen LogP contribution in [0.15, 0.2) is 24.3 Å². The third kappa shape index (κ3) is 1.11. The number of hydrogen-bond donors (Lipinski definition) is 1. The lowest BCUT2D eigenvalue weighted by Gasteiger charge is -2.08. The van der Waals surface area contributed by atoms with Gasteiger partial charge in [0, 0.05) is 5.25 Å². The molecule has 1 aliphatic heterocycles. The molecule has 66 valence electrons. The predicted octanol–water partition coefficient (Wildman–Crippen LogP) is 2.27. The molecule has 1 nitrogen and oxygen atoms in total. The van der Waals surface area contributed by atoms with Gasteiger partial charge in [0.1, 0.15) is 4.32 Å². The highest BCUT2D eigenvalue weighted by Crippen LogP contribution is 2.43. The van der Waals surface area contributed by atoms with E-state index in [-0.39, 0.29) is 0 Å². The summed E-state index contributed by atoms with van der Waals surface area (Å²) in [7, 11) is 0. The Hall–Kier alpha value is -0.540. The fourth-order valence-corrected chi connectivity index (χ4v) is 3.72. The second kappa shape index (κ2) is 2.72. The summed E-state index contributed by atoms with van der Waals surface area (Å²) in [6, 6.07) is 9.13. The topological polar surface area (TPSA) is 12.0 Å². The lowest BCUT2D eigenvalue weighted by atomic mass is 10.1. The predicted molar refractivity (Wildman–Crippen MR) is 60.0 cm³/mol. The van der Waals surface area contributed by atoms with Gasteiger partial charge in [-0.3, -0.25) is 0 Å². The van der Waals surface area contributed by atoms with Gasteiger partial charge in [-0.25, -0.2) is 0 Å². The number of fused-ring (bicyclic) bond motifs is 3. The lowest BCUT2D eigenvalue weighted by Crippen LogP contribution is -2.18. The molecule has 0 unspecified atom stereocenters. The molecule has 1 aromatic rings. The maximum absolute atomic E-state index is 5.15. The average Bonchev–Trinajstić information content (AvgIpc) is 2.60. The average molecular weight is 207 g/mol. The van der Waals surface area contributed by atoms with Crippen LogP contribution in [-0.2, 0) is 6.42 Å². The maximum Gasteiger partial charge on any atom is 0.134 e. The van der Waals surface area contributed by atoms with Gasteiger partial charge in [-0.05, 0) is 17.5 Å². The highest BCUT2D eigenvalue weighted by atomic mass is 32.2. The van der Waals surface area contributed by atoms with Crippen molar-refractivity contribution < 1.29 is 0 Å². The van der Waals surface area contributed by atoms with Crippen LogP contribution in [-0.4, -0.2) is 9.57 Å². The molecule has 0 bridgehead atoms. The van der Waals surface area contributed by atoms with Crippen molar-refractivity contribution in [2.75, 3.05) is 0 Å². The summed E-state index contributed by atoms with van der Waals surface area (Å²) in [5, 5.41) is 4.01. The molecule has 1 aliphatic carbocycles. The Morgan fingerprint density at radius 1 is 1.38 bits per heavy atom. The first kappa shape index (κ1) is 7.83. The smallest absolute Gasteiger partial charge is 0.134 e. The number of rotatable bonds is 0. The quantitative estimate of drug-likeness (QED) is 0.655. The van der Waals surface area contributed by atoms with Gasteiger partial charge in [-0.2, -0.15) is 0 Å². The fourth-order valence-electron chi connectivity index (χ4n) is 2.14. The highest BCUT2D eigenvalue weighted by Gasteiger charge is 2.38. The molecule has 3 heteroatoms. The molecule has 1 fully saturated rings. The highest BCUT2D eigenvalue weighted by molar-refractivity contribution is 8.23. The minimum Gasteiger partial charge on any atom is -0.363 e. The normalized spacial score (nSPS) is 29.7. The molecule has 0 amide bonds. The van der Waals surface area contributed by atoms with Gasteiger partial charge in [-0.1, -0.05) is 48.2 Å². The van der Waals surface area contributed by atoms with E-state index in [1.807, 2.05) is 11.8 Å². The third-order valence-corrected chi connectivity index (χ3v) is 4.19. The van der Waals surface area contributed by atoms with Crippen LogP contribution in [0.2, 0.25) is 0 Å². The fraction of sp³-hybridized carbons (Fsp3) is 0.300. The van der Waals surface area contributed by atoms with Gasteiger partial charge >= 0.3 is 0 Å². The molecule has 3 rings (SSSR count). The minimum absolute atomic E-state index is 0.480. The van der Waals surface area contributed by atoms with E-state index in [1.165, 1.54) is 17.5 Å². The Bertz CT molecular complexity index is 375. The van der Waals surface area contributed by atoms with E-state index in [1.54, 1.807) is 0 Å². The summed E-state index contributed by atoms with van der Waals surface area (Å²) in [5.41, 5.74) is 2.93. The van der Waals surface area contributed by atoms with Crippen molar-refractivity contribution in [1.29, 1.82) is 0 Å². The Morgan fingerprint density at radius 2 is 2.23 bits per heavy atom. The maximum atomic E-state index is 5.15. The molecular formula is C10H9NS2. The van der Waals surface area contributed by atoms with Crippen molar-refractivity contribution in [1.82, 2.24) is 5.32 Å². The van der Waals surface area contributed by atoms with Crippen molar-refractivity contribution in [2.45, 2.75) is 17.7 Å². The van der Waals surface area contributed by atoms with Crippen molar-refractivity contribution in [3.63, 3.8) is 0 Å². The molecule has 1 N–H and O–H groups in total. The van der Waals surface area contributed by atoms with E-state index in [0.717, 1.165) is 4.32 Å². The Kier molecular flexibility index (Phi) is 1.64.